The molecule has 0 fully saturated rings. The molecule has 0 bridgehead atoms. The van der Waals surface area contributed by atoms with Crippen LogP contribution in [0.25, 0.3) is 0 Å². The Labute approximate surface area is 88.3 Å². The van der Waals surface area contributed by atoms with E-state index in [2.05, 4.69) is 5.10 Å². The molecule has 6 nitrogen and oxygen atoms in total. The Kier molecular flexibility index (Phi) is 3.31. The van der Waals surface area contributed by atoms with Gasteiger partial charge in [0.05, 0.1) is 11.4 Å². The summed E-state index contributed by atoms with van der Waals surface area (Å²) in [5.74, 6) is -1.04. The number of anilines is 1. The topological polar surface area (TPSA) is 84.4 Å². The summed E-state index contributed by atoms with van der Waals surface area (Å²) >= 11 is 0. The van der Waals surface area contributed by atoms with Crippen LogP contribution in [0.15, 0.2) is 0 Å². The molecule has 0 amide bonds. The molecule has 1 heterocycles. The minimum absolute atomic E-state index is 0.0590. The molecule has 3 N–H and O–H groups in total. The molecule has 0 aliphatic carbocycles. The molecular weight excluding hydrogens is 196 g/mol. The molecule has 0 aliphatic heterocycles. The molecule has 1 rings (SSSR count). The maximum absolute atomic E-state index is 10.8. The monoisotopic (exact) mass is 212 g/mol. The molecule has 0 aromatic carbocycles. The number of aryl methyl sites for hydroxylation is 1. The number of nitrogen functional groups attached to an aromatic ring is 1. The van der Waals surface area contributed by atoms with E-state index in [1.807, 2.05) is 19.0 Å². The molecule has 15 heavy (non-hydrogen) atoms. The van der Waals surface area contributed by atoms with Crippen molar-refractivity contribution in [3.05, 3.63) is 11.4 Å². The van der Waals surface area contributed by atoms with Crippen molar-refractivity contribution < 1.29 is 9.90 Å². The van der Waals surface area contributed by atoms with E-state index in [0.29, 0.717) is 12.1 Å². The van der Waals surface area contributed by atoms with Crippen LogP contribution < -0.4 is 5.73 Å². The molecule has 0 unspecified atom stereocenters. The first-order chi connectivity index (χ1) is 6.93. The van der Waals surface area contributed by atoms with E-state index in [0.717, 1.165) is 6.54 Å². The van der Waals surface area contributed by atoms with Gasteiger partial charge in [-0.3, -0.25) is 4.68 Å². The number of aromatic carboxylic acids is 1. The van der Waals surface area contributed by atoms with Crippen LogP contribution in [0.3, 0.4) is 0 Å². The molecule has 0 atom stereocenters. The highest BCUT2D eigenvalue weighted by molar-refractivity contribution is 5.92. The molecule has 0 spiro atoms. The third-order valence-electron chi connectivity index (χ3n) is 2.16. The zero-order chi connectivity index (χ0) is 11.6. The van der Waals surface area contributed by atoms with Gasteiger partial charge in [0.15, 0.2) is 5.69 Å². The number of nitrogens with two attached hydrogens (primary N) is 1. The van der Waals surface area contributed by atoms with Gasteiger partial charge >= 0.3 is 5.97 Å². The first kappa shape index (κ1) is 11.5. The molecule has 1 aromatic rings. The van der Waals surface area contributed by atoms with E-state index in [9.17, 15) is 4.79 Å². The molecule has 0 radical (unpaired) electrons. The van der Waals surface area contributed by atoms with Gasteiger partial charge in [0.2, 0.25) is 0 Å². The Morgan fingerprint density at radius 2 is 2.20 bits per heavy atom. The second-order valence-corrected chi connectivity index (χ2v) is 3.69. The van der Waals surface area contributed by atoms with Gasteiger partial charge in [-0.05, 0) is 14.1 Å². The summed E-state index contributed by atoms with van der Waals surface area (Å²) in [7, 11) is 5.47. The summed E-state index contributed by atoms with van der Waals surface area (Å²) in [6, 6.07) is 0. The predicted octanol–water partition coefficient (Wildman–Crippen LogP) is -0.195. The van der Waals surface area contributed by atoms with E-state index in [1.54, 1.807) is 7.05 Å². The number of carboxylic acids is 1. The van der Waals surface area contributed by atoms with Crippen LogP contribution >= 0.6 is 0 Å². The number of nitrogens with zero attached hydrogens (tertiary/aromatic N) is 3. The van der Waals surface area contributed by atoms with Gasteiger partial charge < -0.3 is 15.7 Å². The standard InChI is InChI=1S/C9H16N4O2/c1-12(2)5-4-6-7(10)8(9(14)15)13(3)11-6/h4-5,10H2,1-3H3,(H,14,15). The van der Waals surface area contributed by atoms with Gasteiger partial charge in [-0.2, -0.15) is 5.10 Å². The van der Waals surface area contributed by atoms with Crippen LogP contribution in [0.1, 0.15) is 16.2 Å². The second-order valence-electron chi connectivity index (χ2n) is 3.69. The van der Waals surface area contributed by atoms with E-state index < -0.39 is 5.97 Å². The van der Waals surface area contributed by atoms with Gasteiger partial charge in [0.1, 0.15) is 0 Å². The van der Waals surface area contributed by atoms with Gasteiger partial charge in [-0.1, -0.05) is 0 Å². The minimum Gasteiger partial charge on any atom is -0.476 e. The quantitative estimate of drug-likeness (QED) is 0.722. The second kappa shape index (κ2) is 4.31. The molecule has 0 aliphatic rings. The van der Waals surface area contributed by atoms with Crippen molar-refractivity contribution in [3.8, 4) is 0 Å². The lowest BCUT2D eigenvalue weighted by molar-refractivity contribution is 0.0686. The van der Waals surface area contributed by atoms with Crippen molar-refractivity contribution in [1.29, 1.82) is 0 Å². The number of rotatable bonds is 4. The number of likely N-dealkylation sites (N-methyl/N-ethyl adjacent to an activating group) is 1. The Morgan fingerprint density at radius 3 is 2.60 bits per heavy atom. The Balaban J connectivity index is 2.91. The summed E-state index contributed by atoms with van der Waals surface area (Å²) in [5.41, 5.74) is 6.68. The van der Waals surface area contributed by atoms with Crippen molar-refractivity contribution >= 4 is 11.7 Å². The van der Waals surface area contributed by atoms with Crippen LogP contribution in [0.5, 0.6) is 0 Å². The fraction of sp³-hybridized carbons (Fsp3) is 0.556. The first-order valence-electron chi connectivity index (χ1n) is 4.63. The van der Waals surface area contributed by atoms with Gasteiger partial charge in [-0.25, -0.2) is 4.79 Å². The largest absolute Gasteiger partial charge is 0.476 e. The molecule has 84 valence electrons. The van der Waals surface area contributed by atoms with Gasteiger partial charge in [-0.15, -0.1) is 0 Å². The zero-order valence-corrected chi connectivity index (χ0v) is 9.19. The van der Waals surface area contributed by atoms with E-state index in [-0.39, 0.29) is 11.4 Å². The van der Waals surface area contributed by atoms with Crippen molar-refractivity contribution in [2.24, 2.45) is 7.05 Å². The summed E-state index contributed by atoms with van der Waals surface area (Å²) in [4.78, 5) is 12.8. The third-order valence-corrected chi connectivity index (χ3v) is 2.16. The maximum atomic E-state index is 10.8. The third kappa shape index (κ3) is 2.47. The van der Waals surface area contributed by atoms with Crippen LogP contribution in [0, 0.1) is 0 Å². The van der Waals surface area contributed by atoms with Crippen molar-refractivity contribution in [2.45, 2.75) is 6.42 Å². The van der Waals surface area contributed by atoms with Crippen molar-refractivity contribution in [1.82, 2.24) is 14.7 Å². The number of carbonyl (C=O) groups is 1. The number of carboxylic acid groups (broad SMARTS) is 1. The smallest absolute Gasteiger partial charge is 0.356 e. The van der Waals surface area contributed by atoms with Gasteiger partial charge in [0, 0.05) is 20.0 Å². The summed E-state index contributed by atoms with van der Waals surface area (Å²) in [5, 5.41) is 13.0. The lowest BCUT2D eigenvalue weighted by Crippen LogP contribution is -2.15. The highest BCUT2D eigenvalue weighted by Gasteiger charge is 2.18. The lowest BCUT2D eigenvalue weighted by Gasteiger charge is -2.07. The number of aromatic nitrogens is 2. The predicted molar refractivity (Wildman–Crippen MR) is 56.8 cm³/mol. The average Bonchev–Trinajstić information content (AvgIpc) is 2.37. The molecule has 0 saturated carbocycles. The summed E-state index contributed by atoms with van der Waals surface area (Å²) < 4.78 is 1.31. The van der Waals surface area contributed by atoms with E-state index in [4.69, 9.17) is 10.8 Å². The van der Waals surface area contributed by atoms with Crippen LogP contribution in [-0.4, -0.2) is 46.4 Å². The van der Waals surface area contributed by atoms with E-state index >= 15 is 0 Å². The SMILES string of the molecule is CN(C)CCc1nn(C)c(C(=O)O)c1N. The summed E-state index contributed by atoms with van der Waals surface area (Å²) in [6.45, 7) is 0.792. The average molecular weight is 212 g/mol. The fourth-order valence-corrected chi connectivity index (χ4v) is 1.36. The Morgan fingerprint density at radius 1 is 1.60 bits per heavy atom. The fourth-order valence-electron chi connectivity index (χ4n) is 1.36. The van der Waals surface area contributed by atoms with Crippen LogP contribution in [0.2, 0.25) is 0 Å². The molecule has 6 heteroatoms. The normalized spacial score (nSPS) is 10.9. The first-order valence-corrected chi connectivity index (χ1v) is 4.63. The Hall–Kier alpha value is -1.56. The summed E-state index contributed by atoms with van der Waals surface area (Å²) in [6.07, 6.45) is 0.653. The van der Waals surface area contributed by atoms with Crippen LogP contribution in [0.4, 0.5) is 5.69 Å². The minimum atomic E-state index is -1.04. The molecular formula is C9H16N4O2. The van der Waals surface area contributed by atoms with E-state index in [1.165, 1.54) is 4.68 Å². The highest BCUT2D eigenvalue weighted by atomic mass is 16.4. The molecule has 0 saturated heterocycles. The Bertz CT molecular complexity index is 370. The lowest BCUT2D eigenvalue weighted by atomic mass is 10.2. The number of hydrogen-bond donors (Lipinski definition) is 2. The van der Waals surface area contributed by atoms with Crippen LogP contribution in [-0.2, 0) is 13.5 Å². The van der Waals surface area contributed by atoms with Crippen molar-refractivity contribution in [3.63, 3.8) is 0 Å². The van der Waals surface area contributed by atoms with Gasteiger partial charge in [0.25, 0.3) is 0 Å². The molecule has 1 aromatic heterocycles. The number of hydrogen-bond acceptors (Lipinski definition) is 4. The zero-order valence-electron chi connectivity index (χ0n) is 9.19. The van der Waals surface area contributed by atoms with Crippen molar-refractivity contribution in [2.75, 3.05) is 26.4 Å². The maximum Gasteiger partial charge on any atom is 0.356 e. The highest BCUT2D eigenvalue weighted by Crippen LogP contribution is 2.16.